The molecule has 0 bridgehead atoms. The second-order valence-electron chi connectivity index (χ2n) is 9.64. The van der Waals surface area contributed by atoms with Crippen LogP contribution in [0, 0.1) is 0 Å². The van der Waals surface area contributed by atoms with Crippen LogP contribution in [0.3, 0.4) is 0 Å². The number of hydrogen-bond donors (Lipinski definition) is 4. The molecule has 1 amide bonds. The number of H-pyrrole nitrogens is 1. The molecule has 11 heteroatoms. The molecule has 3 heterocycles. The molecule has 1 saturated heterocycles. The van der Waals surface area contributed by atoms with E-state index in [1.165, 1.54) is 0 Å². The fourth-order valence-corrected chi connectivity index (χ4v) is 4.05. The van der Waals surface area contributed by atoms with Crippen LogP contribution in [0.1, 0.15) is 26.3 Å². The Hall–Kier alpha value is -3.70. The standard InChI is InChI=1S/C25H32N8O2S/c1-25(2,3)35-24(34)33-12-10-32(11-13-33)16-17-6-8-27-22(14-17)30-23(36)29-21-15-18(4-5-19(21)26)20-7-9-28-31-20/h4-9,14-15H,10-13,16,26H2,1-3H3,(H,28,31)(H2,27,29,30,36). The number of thiocarbonyl (C=S) groups is 1. The van der Waals surface area contributed by atoms with E-state index >= 15 is 0 Å². The number of aromatic nitrogens is 3. The van der Waals surface area contributed by atoms with Gasteiger partial charge in [-0.05, 0) is 68.9 Å². The second kappa shape index (κ2) is 10.9. The highest BCUT2D eigenvalue weighted by atomic mass is 32.1. The lowest BCUT2D eigenvalue weighted by atomic mass is 10.1. The Bertz CT molecular complexity index is 1200. The lowest BCUT2D eigenvalue weighted by molar-refractivity contribution is 0.0139. The van der Waals surface area contributed by atoms with E-state index in [-0.39, 0.29) is 6.09 Å². The van der Waals surface area contributed by atoms with Crippen molar-refractivity contribution in [2.75, 3.05) is 42.5 Å². The molecule has 0 radical (unpaired) electrons. The molecule has 36 heavy (non-hydrogen) atoms. The van der Waals surface area contributed by atoms with Crippen molar-refractivity contribution in [1.82, 2.24) is 25.0 Å². The van der Waals surface area contributed by atoms with Crippen LogP contribution in [0.25, 0.3) is 11.3 Å². The summed E-state index contributed by atoms with van der Waals surface area (Å²) in [4.78, 5) is 20.8. The number of carbonyl (C=O) groups excluding carboxylic acids is 1. The van der Waals surface area contributed by atoms with Gasteiger partial charge in [0.1, 0.15) is 11.4 Å². The number of nitrogen functional groups attached to an aromatic ring is 1. The number of carbonyl (C=O) groups is 1. The first-order valence-corrected chi connectivity index (χ1v) is 12.2. The number of nitrogens with two attached hydrogens (primary N) is 1. The molecule has 1 aliphatic heterocycles. The first-order chi connectivity index (χ1) is 17.2. The second-order valence-corrected chi connectivity index (χ2v) is 10.1. The summed E-state index contributed by atoms with van der Waals surface area (Å²) >= 11 is 5.50. The molecule has 10 nitrogen and oxygen atoms in total. The fourth-order valence-electron chi connectivity index (χ4n) is 3.83. The van der Waals surface area contributed by atoms with Gasteiger partial charge in [0, 0.05) is 50.7 Å². The summed E-state index contributed by atoms with van der Waals surface area (Å²) < 4.78 is 5.48. The highest BCUT2D eigenvalue weighted by Gasteiger charge is 2.25. The van der Waals surface area contributed by atoms with E-state index < -0.39 is 5.60 Å². The van der Waals surface area contributed by atoms with Gasteiger partial charge in [0.15, 0.2) is 5.11 Å². The van der Waals surface area contributed by atoms with Crippen molar-refractivity contribution in [3.05, 3.63) is 54.4 Å². The Morgan fingerprint density at radius 2 is 1.89 bits per heavy atom. The summed E-state index contributed by atoms with van der Waals surface area (Å²) in [5.41, 5.74) is 9.86. The zero-order valence-corrected chi connectivity index (χ0v) is 21.6. The van der Waals surface area contributed by atoms with Crippen molar-refractivity contribution in [2.24, 2.45) is 0 Å². The van der Waals surface area contributed by atoms with Crippen molar-refractivity contribution in [3.8, 4) is 11.3 Å². The number of hydrogen-bond acceptors (Lipinski definition) is 7. The Balaban J connectivity index is 1.31. The van der Waals surface area contributed by atoms with E-state index in [2.05, 4.69) is 30.7 Å². The third kappa shape index (κ3) is 6.92. The van der Waals surface area contributed by atoms with Crippen LogP contribution < -0.4 is 16.4 Å². The number of amides is 1. The first kappa shape index (κ1) is 25.4. The molecular weight excluding hydrogens is 476 g/mol. The average molecular weight is 509 g/mol. The Morgan fingerprint density at radius 1 is 1.11 bits per heavy atom. The minimum Gasteiger partial charge on any atom is -0.444 e. The zero-order valence-electron chi connectivity index (χ0n) is 20.7. The molecule has 4 rings (SSSR count). The maximum absolute atomic E-state index is 12.3. The number of anilines is 3. The van der Waals surface area contributed by atoms with Gasteiger partial charge in [-0.1, -0.05) is 6.07 Å². The maximum atomic E-state index is 12.3. The molecule has 0 atom stereocenters. The SMILES string of the molecule is CC(C)(C)OC(=O)N1CCN(Cc2ccnc(NC(=S)Nc3cc(-c4ccn[nH]4)ccc3N)c2)CC1. The van der Waals surface area contributed by atoms with Crippen molar-refractivity contribution in [2.45, 2.75) is 32.9 Å². The number of benzene rings is 1. The molecule has 1 aliphatic rings. The summed E-state index contributed by atoms with van der Waals surface area (Å²) in [5, 5.41) is 13.6. The molecule has 1 aromatic carbocycles. The van der Waals surface area contributed by atoms with Gasteiger partial charge in [0.05, 0.1) is 17.1 Å². The Morgan fingerprint density at radius 3 is 2.58 bits per heavy atom. The topological polar surface area (TPSA) is 124 Å². The van der Waals surface area contributed by atoms with E-state index in [1.54, 1.807) is 17.3 Å². The third-order valence-electron chi connectivity index (χ3n) is 5.61. The van der Waals surface area contributed by atoms with E-state index in [0.717, 1.165) is 36.5 Å². The number of rotatable bonds is 5. The molecule has 1 fully saturated rings. The summed E-state index contributed by atoms with van der Waals surface area (Å²) in [7, 11) is 0. The highest BCUT2D eigenvalue weighted by Crippen LogP contribution is 2.26. The minimum absolute atomic E-state index is 0.255. The predicted molar refractivity (Wildman–Crippen MR) is 146 cm³/mol. The number of piperazine rings is 1. The number of ether oxygens (including phenoxy) is 1. The van der Waals surface area contributed by atoms with Gasteiger partial charge in [-0.25, -0.2) is 9.78 Å². The fraction of sp³-hybridized carbons (Fsp3) is 0.360. The van der Waals surface area contributed by atoms with Crippen LogP contribution in [0.15, 0.2) is 48.8 Å². The van der Waals surface area contributed by atoms with Gasteiger partial charge in [-0.15, -0.1) is 0 Å². The van der Waals surface area contributed by atoms with E-state index in [1.807, 2.05) is 57.2 Å². The molecule has 0 unspecified atom stereocenters. The maximum Gasteiger partial charge on any atom is 0.410 e. The number of aromatic amines is 1. The normalized spacial score (nSPS) is 14.4. The molecule has 0 spiro atoms. The largest absolute Gasteiger partial charge is 0.444 e. The monoisotopic (exact) mass is 508 g/mol. The van der Waals surface area contributed by atoms with Crippen molar-refractivity contribution in [1.29, 1.82) is 0 Å². The number of pyridine rings is 1. The van der Waals surface area contributed by atoms with E-state index in [0.29, 0.717) is 35.4 Å². The lowest BCUT2D eigenvalue weighted by Gasteiger charge is -2.35. The van der Waals surface area contributed by atoms with Crippen LogP contribution in [0.5, 0.6) is 0 Å². The summed E-state index contributed by atoms with van der Waals surface area (Å²) in [5.74, 6) is 0.640. The minimum atomic E-state index is -0.488. The smallest absolute Gasteiger partial charge is 0.410 e. The van der Waals surface area contributed by atoms with Crippen LogP contribution >= 0.6 is 12.2 Å². The van der Waals surface area contributed by atoms with Crippen LogP contribution in [-0.2, 0) is 11.3 Å². The molecule has 3 aromatic rings. The van der Waals surface area contributed by atoms with Crippen molar-refractivity contribution in [3.63, 3.8) is 0 Å². The third-order valence-corrected chi connectivity index (χ3v) is 5.81. The molecular formula is C25H32N8O2S. The van der Waals surface area contributed by atoms with Crippen molar-refractivity contribution < 1.29 is 9.53 Å². The summed E-state index contributed by atoms with van der Waals surface area (Å²) in [6.45, 7) is 9.21. The molecule has 2 aromatic heterocycles. The lowest BCUT2D eigenvalue weighted by Crippen LogP contribution is -2.49. The molecule has 190 valence electrons. The van der Waals surface area contributed by atoms with Crippen LogP contribution in [-0.4, -0.2) is 68.0 Å². The van der Waals surface area contributed by atoms with E-state index in [9.17, 15) is 4.79 Å². The first-order valence-electron chi connectivity index (χ1n) is 11.8. The Kier molecular flexibility index (Phi) is 7.70. The van der Waals surface area contributed by atoms with Gasteiger partial charge >= 0.3 is 6.09 Å². The molecule has 0 saturated carbocycles. The van der Waals surface area contributed by atoms with Crippen LogP contribution in [0.2, 0.25) is 0 Å². The predicted octanol–water partition coefficient (Wildman–Crippen LogP) is 3.92. The Labute approximate surface area is 216 Å². The van der Waals surface area contributed by atoms with E-state index in [4.69, 9.17) is 22.7 Å². The van der Waals surface area contributed by atoms with Gasteiger partial charge in [0.25, 0.3) is 0 Å². The highest BCUT2D eigenvalue weighted by molar-refractivity contribution is 7.80. The van der Waals surface area contributed by atoms with Gasteiger partial charge in [0.2, 0.25) is 0 Å². The summed E-state index contributed by atoms with van der Waals surface area (Å²) in [6, 6.07) is 11.5. The number of nitrogens with zero attached hydrogens (tertiary/aromatic N) is 4. The van der Waals surface area contributed by atoms with Gasteiger partial charge < -0.3 is 26.0 Å². The van der Waals surface area contributed by atoms with Gasteiger partial charge in [-0.3, -0.25) is 10.00 Å². The summed E-state index contributed by atoms with van der Waals surface area (Å²) in [6.07, 6.45) is 3.20. The van der Waals surface area contributed by atoms with Crippen LogP contribution in [0.4, 0.5) is 22.0 Å². The van der Waals surface area contributed by atoms with Crippen molar-refractivity contribution >= 4 is 40.6 Å². The quantitative estimate of drug-likeness (QED) is 0.300. The number of nitrogens with one attached hydrogen (secondary N) is 3. The zero-order chi connectivity index (χ0) is 25.7. The molecule has 5 N–H and O–H groups in total. The van der Waals surface area contributed by atoms with Gasteiger partial charge in [-0.2, -0.15) is 5.10 Å². The molecule has 0 aliphatic carbocycles. The average Bonchev–Trinajstić information content (AvgIpc) is 3.35.